The van der Waals surface area contributed by atoms with Crippen molar-refractivity contribution in [2.45, 2.75) is 70.9 Å². The third kappa shape index (κ3) is 4.96. The molecule has 0 radical (unpaired) electrons. The van der Waals surface area contributed by atoms with Gasteiger partial charge in [0.05, 0.1) is 0 Å². The number of carboxylic acids is 1. The van der Waals surface area contributed by atoms with E-state index >= 15 is 0 Å². The van der Waals surface area contributed by atoms with Crippen molar-refractivity contribution in [2.24, 2.45) is 5.92 Å². The highest BCUT2D eigenvalue weighted by atomic mass is 16.6. The fraction of sp³-hybridized carbons (Fsp3) is 0.650. The number of carbonyl (C=O) groups excluding carboxylic acids is 1. The van der Waals surface area contributed by atoms with Crippen LogP contribution >= 0.6 is 0 Å². The highest BCUT2D eigenvalue weighted by Gasteiger charge is 2.29. The Labute approximate surface area is 154 Å². The minimum absolute atomic E-state index is 0.0529. The molecule has 2 saturated carbocycles. The molecule has 0 bridgehead atoms. The average molecular weight is 360 g/mol. The van der Waals surface area contributed by atoms with Gasteiger partial charge in [0.1, 0.15) is 11.3 Å². The molecule has 1 amide bonds. The average Bonchev–Trinajstić information content (AvgIpc) is 3.32. The van der Waals surface area contributed by atoms with Gasteiger partial charge in [0.25, 0.3) is 0 Å². The second kappa shape index (κ2) is 7.25. The molecule has 6 nitrogen and oxygen atoms in total. The fourth-order valence-electron chi connectivity index (χ4n) is 3.14. The molecule has 0 unspecified atom stereocenters. The quantitative estimate of drug-likeness (QED) is 0.822. The van der Waals surface area contributed by atoms with Crippen LogP contribution in [-0.4, -0.2) is 39.2 Å². The first-order valence-corrected chi connectivity index (χ1v) is 9.43. The molecule has 0 saturated heterocycles. The normalized spacial score (nSPS) is 17.5. The summed E-state index contributed by atoms with van der Waals surface area (Å²) < 4.78 is 5.56. The van der Waals surface area contributed by atoms with Gasteiger partial charge in [0, 0.05) is 24.7 Å². The molecule has 2 aliphatic rings. The van der Waals surface area contributed by atoms with Crippen LogP contribution in [0.5, 0.6) is 0 Å². The van der Waals surface area contributed by atoms with E-state index in [0.717, 1.165) is 36.9 Å². The zero-order chi connectivity index (χ0) is 18.9. The van der Waals surface area contributed by atoms with Crippen molar-refractivity contribution in [1.29, 1.82) is 0 Å². The molecule has 0 spiro atoms. The SMILES string of the molecule is CC(C)(C)OC(=O)N(Cc1cc(C(=O)O)nc(C2CC2)c1)CC1CCC1. The van der Waals surface area contributed by atoms with Crippen molar-refractivity contribution >= 4 is 12.1 Å². The number of ether oxygens (including phenoxy) is 1. The number of hydrogen-bond acceptors (Lipinski definition) is 4. The summed E-state index contributed by atoms with van der Waals surface area (Å²) in [6, 6.07) is 3.52. The van der Waals surface area contributed by atoms with E-state index in [9.17, 15) is 14.7 Å². The highest BCUT2D eigenvalue weighted by molar-refractivity contribution is 5.85. The molecule has 2 fully saturated rings. The van der Waals surface area contributed by atoms with Gasteiger partial charge < -0.3 is 14.7 Å². The van der Waals surface area contributed by atoms with Gasteiger partial charge in [0.2, 0.25) is 0 Å². The van der Waals surface area contributed by atoms with Crippen molar-refractivity contribution < 1.29 is 19.4 Å². The van der Waals surface area contributed by atoms with Crippen LogP contribution in [-0.2, 0) is 11.3 Å². The summed E-state index contributed by atoms with van der Waals surface area (Å²) >= 11 is 0. The second-order valence-corrected chi connectivity index (χ2v) is 8.52. The lowest BCUT2D eigenvalue weighted by molar-refractivity contribution is 0.0173. The van der Waals surface area contributed by atoms with Crippen LogP contribution in [0.2, 0.25) is 0 Å². The standard InChI is InChI=1S/C20H28N2O4/c1-20(2,3)26-19(25)22(11-13-5-4-6-13)12-14-9-16(15-7-8-15)21-17(10-14)18(23)24/h9-10,13,15H,4-8,11-12H2,1-3H3,(H,23,24). The lowest BCUT2D eigenvalue weighted by Crippen LogP contribution is -2.40. The van der Waals surface area contributed by atoms with Crippen LogP contribution < -0.4 is 0 Å². The summed E-state index contributed by atoms with van der Waals surface area (Å²) in [6.45, 7) is 6.57. The molecule has 0 aromatic carbocycles. The first-order valence-electron chi connectivity index (χ1n) is 9.43. The lowest BCUT2D eigenvalue weighted by atomic mass is 9.85. The summed E-state index contributed by atoms with van der Waals surface area (Å²) in [4.78, 5) is 30.1. The number of carboxylic acid groups (broad SMARTS) is 1. The highest BCUT2D eigenvalue weighted by Crippen LogP contribution is 2.39. The predicted octanol–water partition coefficient (Wildman–Crippen LogP) is 4.19. The number of pyridine rings is 1. The maximum atomic E-state index is 12.7. The third-order valence-corrected chi connectivity index (χ3v) is 4.85. The summed E-state index contributed by atoms with van der Waals surface area (Å²) in [5.41, 5.74) is 1.13. The van der Waals surface area contributed by atoms with E-state index in [1.165, 1.54) is 6.42 Å². The first-order chi connectivity index (χ1) is 12.2. The molecule has 6 heteroatoms. The lowest BCUT2D eigenvalue weighted by Gasteiger charge is -2.33. The van der Waals surface area contributed by atoms with E-state index in [-0.39, 0.29) is 11.8 Å². The molecule has 3 rings (SSSR count). The minimum Gasteiger partial charge on any atom is -0.477 e. The van der Waals surface area contributed by atoms with Crippen LogP contribution in [0.3, 0.4) is 0 Å². The second-order valence-electron chi connectivity index (χ2n) is 8.52. The summed E-state index contributed by atoms with van der Waals surface area (Å²) in [6.07, 6.45) is 5.22. The van der Waals surface area contributed by atoms with Crippen molar-refractivity contribution in [3.63, 3.8) is 0 Å². The minimum atomic E-state index is -1.03. The zero-order valence-corrected chi connectivity index (χ0v) is 15.8. The Balaban J connectivity index is 1.80. The molecule has 26 heavy (non-hydrogen) atoms. The number of amides is 1. The molecule has 2 aliphatic carbocycles. The summed E-state index contributed by atoms with van der Waals surface area (Å²) in [5, 5.41) is 9.36. The van der Waals surface area contributed by atoms with E-state index < -0.39 is 11.6 Å². The van der Waals surface area contributed by atoms with Crippen molar-refractivity contribution in [1.82, 2.24) is 9.88 Å². The molecule has 1 aromatic rings. The molecule has 0 aliphatic heterocycles. The Morgan fingerprint density at radius 3 is 2.42 bits per heavy atom. The summed E-state index contributed by atoms with van der Waals surface area (Å²) in [7, 11) is 0. The van der Waals surface area contributed by atoms with E-state index in [1.807, 2.05) is 26.8 Å². The van der Waals surface area contributed by atoms with Gasteiger partial charge in [-0.1, -0.05) is 6.42 Å². The van der Waals surface area contributed by atoms with Crippen LogP contribution in [0.15, 0.2) is 12.1 Å². The van der Waals surface area contributed by atoms with Crippen LogP contribution in [0.1, 0.15) is 80.5 Å². The van der Waals surface area contributed by atoms with Crippen LogP contribution in [0.25, 0.3) is 0 Å². The molecular weight excluding hydrogens is 332 g/mol. The number of nitrogens with zero attached hydrogens (tertiary/aromatic N) is 2. The Hall–Kier alpha value is -2.11. The molecule has 1 heterocycles. The maximum Gasteiger partial charge on any atom is 0.410 e. The Morgan fingerprint density at radius 1 is 1.23 bits per heavy atom. The first kappa shape index (κ1) is 18.7. The number of hydrogen-bond donors (Lipinski definition) is 1. The molecule has 142 valence electrons. The van der Waals surface area contributed by atoms with Gasteiger partial charge in [-0.25, -0.2) is 14.6 Å². The van der Waals surface area contributed by atoms with Crippen molar-refractivity contribution in [3.8, 4) is 0 Å². The van der Waals surface area contributed by atoms with Crippen molar-refractivity contribution in [2.75, 3.05) is 6.54 Å². The van der Waals surface area contributed by atoms with E-state index in [1.54, 1.807) is 11.0 Å². The maximum absolute atomic E-state index is 12.7. The van der Waals surface area contributed by atoms with Gasteiger partial charge in [-0.05, 0) is 70.1 Å². The Bertz CT molecular complexity index is 688. The molecule has 1 aromatic heterocycles. The van der Waals surface area contributed by atoms with Gasteiger partial charge >= 0.3 is 12.1 Å². The summed E-state index contributed by atoms with van der Waals surface area (Å²) in [5.74, 6) is -0.169. The van der Waals surface area contributed by atoms with Crippen LogP contribution in [0.4, 0.5) is 4.79 Å². The van der Waals surface area contributed by atoms with E-state index in [2.05, 4.69) is 4.98 Å². The number of aromatic carboxylic acids is 1. The zero-order valence-electron chi connectivity index (χ0n) is 15.8. The monoisotopic (exact) mass is 360 g/mol. The van der Waals surface area contributed by atoms with E-state index in [0.29, 0.717) is 24.9 Å². The van der Waals surface area contributed by atoms with Crippen LogP contribution in [0, 0.1) is 5.92 Å². The van der Waals surface area contributed by atoms with Gasteiger partial charge in [-0.3, -0.25) is 0 Å². The number of carbonyl (C=O) groups is 2. The predicted molar refractivity (Wildman–Crippen MR) is 97.2 cm³/mol. The molecule has 0 atom stereocenters. The third-order valence-electron chi connectivity index (χ3n) is 4.85. The topological polar surface area (TPSA) is 79.7 Å². The fourth-order valence-corrected chi connectivity index (χ4v) is 3.14. The smallest absolute Gasteiger partial charge is 0.410 e. The number of rotatable bonds is 6. The van der Waals surface area contributed by atoms with E-state index in [4.69, 9.17) is 4.74 Å². The largest absolute Gasteiger partial charge is 0.477 e. The van der Waals surface area contributed by atoms with Gasteiger partial charge in [-0.2, -0.15) is 0 Å². The van der Waals surface area contributed by atoms with Gasteiger partial charge in [-0.15, -0.1) is 0 Å². The molecule has 1 N–H and O–H groups in total. The number of aromatic nitrogens is 1. The Morgan fingerprint density at radius 2 is 1.92 bits per heavy atom. The van der Waals surface area contributed by atoms with Gasteiger partial charge in [0.15, 0.2) is 0 Å². The van der Waals surface area contributed by atoms with Crippen molar-refractivity contribution in [3.05, 3.63) is 29.1 Å². The Kier molecular flexibility index (Phi) is 5.21. The molecular formula is C20H28N2O4.